The third kappa shape index (κ3) is 5.34. The summed E-state index contributed by atoms with van der Waals surface area (Å²) in [6, 6.07) is 8.80. The smallest absolute Gasteiger partial charge is 0.254 e. The molecule has 1 fully saturated rings. The van der Waals surface area contributed by atoms with Crippen molar-refractivity contribution in [1.29, 1.82) is 0 Å². The van der Waals surface area contributed by atoms with Crippen molar-refractivity contribution in [1.82, 2.24) is 14.9 Å². The summed E-state index contributed by atoms with van der Waals surface area (Å²) >= 11 is 0. The average Bonchev–Trinajstić information content (AvgIpc) is 2.70. The van der Waals surface area contributed by atoms with Gasteiger partial charge in [-0.15, -0.1) is 0 Å². The highest BCUT2D eigenvalue weighted by molar-refractivity contribution is 5.76. The van der Waals surface area contributed by atoms with Crippen molar-refractivity contribution < 1.29 is 14.3 Å². The molecule has 150 valence electrons. The topological polar surface area (TPSA) is 82.5 Å². The monoisotopic (exact) mass is 385 g/mol. The molecule has 1 aliphatic rings. The van der Waals surface area contributed by atoms with Crippen LogP contribution < -0.4 is 20.3 Å². The normalized spacial score (nSPS) is 14.5. The SMILES string of the molecule is COc1ccc(OCc2nc(C)cc(=O)n2CC(=O)NC2CCCCC2)cc1. The van der Waals surface area contributed by atoms with Crippen LogP contribution in [0, 0.1) is 6.92 Å². The number of hydrogen-bond acceptors (Lipinski definition) is 5. The van der Waals surface area contributed by atoms with E-state index in [2.05, 4.69) is 10.3 Å². The molecule has 0 radical (unpaired) electrons. The number of ether oxygens (including phenoxy) is 2. The largest absolute Gasteiger partial charge is 0.497 e. The predicted octanol–water partition coefficient (Wildman–Crippen LogP) is 2.59. The number of carbonyl (C=O) groups excluding carboxylic acids is 1. The summed E-state index contributed by atoms with van der Waals surface area (Å²) in [5, 5.41) is 3.04. The fourth-order valence-electron chi connectivity index (χ4n) is 3.44. The molecule has 2 aromatic rings. The Labute approximate surface area is 164 Å². The quantitative estimate of drug-likeness (QED) is 0.792. The summed E-state index contributed by atoms with van der Waals surface area (Å²) in [5.41, 5.74) is 0.349. The van der Waals surface area contributed by atoms with E-state index in [0.717, 1.165) is 31.4 Å². The van der Waals surface area contributed by atoms with Crippen molar-refractivity contribution in [2.24, 2.45) is 0 Å². The molecule has 0 bridgehead atoms. The van der Waals surface area contributed by atoms with E-state index in [4.69, 9.17) is 9.47 Å². The first-order valence-electron chi connectivity index (χ1n) is 9.69. The molecule has 0 atom stereocenters. The molecule has 7 nitrogen and oxygen atoms in total. The Morgan fingerprint density at radius 3 is 2.54 bits per heavy atom. The molecule has 0 aliphatic heterocycles. The van der Waals surface area contributed by atoms with Gasteiger partial charge < -0.3 is 14.8 Å². The van der Waals surface area contributed by atoms with Crippen LogP contribution >= 0.6 is 0 Å². The number of nitrogens with one attached hydrogen (secondary N) is 1. The molecule has 1 amide bonds. The molecule has 0 saturated heterocycles. The highest BCUT2D eigenvalue weighted by Gasteiger charge is 2.17. The van der Waals surface area contributed by atoms with Gasteiger partial charge in [-0.1, -0.05) is 19.3 Å². The minimum Gasteiger partial charge on any atom is -0.497 e. The Morgan fingerprint density at radius 1 is 1.18 bits per heavy atom. The molecular formula is C21H27N3O4. The molecule has 3 rings (SSSR count). The summed E-state index contributed by atoms with van der Waals surface area (Å²) in [5.74, 6) is 1.64. The minimum atomic E-state index is -0.250. The van der Waals surface area contributed by atoms with Crippen molar-refractivity contribution in [2.45, 2.75) is 58.2 Å². The zero-order valence-corrected chi connectivity index (χ0v) is 16.4. The second-order valence-corrected chi connectivity index (χ2v) is 7.10. The van der Waals surface area contributed by atoms with Gasteiger partial charge >= 0.3 is 0 Å². The van der Waals surface area contributed by atoms with Gasteiger partial charge in [0.25, 0.3) is 5.56 Å². The van der Waals surface area contributed by atoms with E-state index in [0.29, 0.717) is 17.3 Å². The van der Waals surface area contributed by atoms with E-state index in [1.54, 1.807) is 38.3 Å². The van der Waals surface area contributed by atoms with Crippen molar-refractivity contribution >= 4 is 5.91 Å². The average molecular weight is 385 g/mol. The predicted molar refractivity (Wildman–Crippen MR) is 106 cm³/mol. The van der Waals surface area contributed by atoms with Gasteiger partial charge in [0.2, 0.25) is 5.91 Å². The van der Waals surface area contributed by atoms with E-state index in [1.165, 1.54) is 17.1 Å². The maximum atomic E-state index is 12.5. The van der Waals surface area contributed by atoms with Gasteiger partial charge in [-0.25, -0.2) is 4.98 Å². The third-order valence-corrected chi connectivity index (χ3v) is 4.91. The first kappa shape index (κ1) is 19.9. The molecule has 1 aromatic heterocycles. The lowest BCUT2D eigenvalue weighted by molar-refractivity contribution is -0.122. The van der Waals surface area contributed by atoms with Crippen LogP contribution in [0.1, 0.15) is 43.6 Å². The molecule has 28 heavy (non-hydrogen) atoms. The number of benzene rings is 1. The van der Waals surface area contributed by atoms with Gasteiger partial charge in [-0.2, -0.15) is 0 Å². The molecule has 0 unspecified atom stereocenters. The zero-order valence-electron chi connectivity index (χ0n) is 16.4. The fraction of sp³-hybridized carbons (Fsp3) is 0.476. The number of nitrogens with zero attached hydrogens (tertiary/aromatic N) is 2. The number of rotatable bonds is 7. The number of amides is 1. The molecule has 7 heteroatoms. The fourth-order valence-corrected chi connectivity index (χ4v) is 3.44. The Hall–Kier alpha value is -2.83. The third-order valence-electron chi connectivity index (χ3n) is 4.91. The molecule has 0 spiro atoms. The summed E-state index contributed by atoms with van der Waals surface area (Å²) < 4.78 is 12.3. The molecule has 1 heterocycles. The van der Waals surface area contributed by atoms with Crippen LogP contribution in [-0.4, -0.2) is 28.6 Å². The lowest BCUT2D eigenvalue weighted by Crippen LogP contribution is -2.40. The van der Waals surface area contributed by atoms with Crippen LogP contribution in [0.4, 0.5) is 0 Å². The standard InChI is InChI=1S/C21H27N3O4/c1-15-12-21(26)24(13-20(25)23-16-6-4-3-5-7-16)19(22-15)14-28-18-10-8-17(27-2)9-11-18/h8-12,16H,3-7,13-14H2,1-2H3,(H,23,25). The van der Waals surface area contributed by atoms with Crippen molar-refractivity contribution in [3.63, 3.8) is 0 Å². The lowest BCUT2D eigenvalue weighted by atomic mass is 9.95. The van der Waals surface area contributed by atoms with Crippen molar-refractivity contribution in [3.8, 4) is 11.5 Å². The second kappa shape index (κ2) is 9.39. The van der Waals surface area contributed by atoms with E-state index < -0.39 is 0 Å². The highest BCUT2D eigenvalue weighted by Crippen LogP contribution is 2.18. The van der Waals surface area contributed by atoms with E-state index in [-0.39, 0.29) is 30.7 Å². The summed E-state index contributed by atoms with van der Waals surface area (Å²) in [6.45, 7) is 1.80. The van der Waals surface area contributed by atoms with Crippen LogP contribution in [-0.2, 0) is 17.9 Å². The molecule has 1 N–H and O–H groups in total. The van der Waals surface area contributed by atoms with Crippen LogP contribution in [0.25, 0.3) is 0 Å². The van der Waals surface area contributed by atoms with E-state index in [9.17, 15) is 9.59 Å². The Morgan fingerprint density at radius 2 is 1.86 bits per heavy atom. The van der Waals surface area contributed by atoms with Crippen LogP contribution in [0.5, 0.6) is 11.5 Å². The number of hydrogen-bond donors (Lipinski definition) is 1. The van der Waals surface area contributed by atoms with Gasteiger partial charge in [0.05, 0.1) is 7.11 Å². The van der Waals surface area contributed by atoms with Crippen LogP contribution in [0.2, 0.25) is 0 Å². The highest BCUT2D eigenvalue weighted by atomic mass is 16.5. The summed E-state index contributed by atoms with van der Waals surface area (Å²) in [4.78, 5) is 29.3. The summed E-state index contributed by atoms with van der Waals surface area (Å²) in [6.07, 6.45) is 5.50. The molecule has 1 aliphatic carbocycles. The number of methoxy groups -OCH3 is 1. The van der Waals surface area contributed by atoms with Gasteiger partial charge in [0.1, 0.15) is 30.5 Å². The zero-order chi connectivity index (χ0) is 19.9. The lowest BCUT2D eigenvalue weighted by Gasteiger charge is -2.23. The molecular weight excluding hydrogens is 358 g/mol. The van der Waals surface area contributed by atoms with Crippen LogP contribution in [0.15, 0.2) is 35.1 Å². The number of aromatic nitrogens is 2. The summed E-state index contributed by atoms with van der Waals surface area (Å²) in [7, 11) is 1.60. The minimum absolute atomic E-state index is 0.0517. The van der Waals surface area contributed by atoms with Gasteiger partial charge in [-0.3, -0.25) is 14.2 Å². The Bertz CT molecular complexity index is 855. The van der Waals surface area contributed by atoms with Crippen molar-refractivity contribution in [2.75, 3.05) is 7.11 Å². The van der Waals surface area contributed by atoms with E-state index in [1.807, 2.05) is 0 Å². The van der Waals surface area contributed by atoms with E-state index >= 15 is 0 Å². The first-order chi connectivity index (χ1) is 13.5. The van der Waals surface area contributed by atoms with Gasteiger partial charge in [0, 0.05) is 17.8 Å². The van der Waals surface area contributed by atoms with Crippen molar-refractivity contribution in [3.05, 3.63) is 52.2 Å². The molecule has 1 aromatic carbocycles. The second-order valence-electron chi connectivity index (χ2n) is 7.10. The number of carbonyl (C=O) groups is 1. The first-order valence-corrected chi connectivity index (χ1v) is 9.69. The van der Waals surface area contributed by atoms with Gasteiger partial charge in [-0.05, 0) is 44.0 Å². The Balaban J connectivity index is 1.69. The number of aryl methyl sites for hydroxylation is 1. The van der Waals surface area contributed by atoms with Crippen LogP contribution in [0.3, 0.4) is 0 Å². The Kier molecular flexibility index (Phi) is 6.68. The van der Waals surface area contributed by atoms with Gasteiger partial charge in [0.15, 0.2) is 0 Å². The maximum absolute atomic E-state index is 12.5. The molecule has 1 saturated carbocycles. The maximum Gasteiger partial charge on any atom is 0.254 e.